The molecule has 0 nitrogen and oxygen atoms in total. The molecule has 0 saturated carbocycles. The van der Waals surface area contributed by atoms with E-state index in [-0.39, 0.29) is 7.92 Å². The molecule has 0 bridgehead atoms. The minimum atomic E-state index is 0.0172. The van der Waals surface area contributed by atoms with Crippen LogP contribution in [0.25, 0.3) is 0 Å². The predicted octanol–water partition coefficient (Wildman–Crippen LogP) is 3.02. The summed E-state index contributed by atoms with van der Waals surface area (Å²) < 4.78 is 0. The van der Waals surface area contributed by atoms with Crippen molar-refractivity contribution >= 4 is 24.8 Å². The van der Waals surface area contributed by atoms with Gasteiger partial charge in [-0.25, -0.2) is 0 Å². The molecule has 1 rings (SSSR count). The summed E-state index contributed by atoms with van der Waals surface area (Å²) in [7, 11) is 0.0172. The average Bonchev–Trinajstić information content (AvgIpc) is 1.94. The van der Waals surface area contributed by atoms with Crippen LogP contribution in [0.3, 0.4) is 0 Å². The van der Waals surface area contributed by atoms with Gasteiger partial charge >= 0.3 is 0 Å². The number of aryl methyl sites for hydroxylation is 1. The van der Waals surface area contributed by atoms with Crippen molar-refractivity contribution < 1.29 is 0 Å². The second-order valence-electron chi connectivity index (χ2n) is 2.83. The van der Waals surface area contributed by atoms with E-state index in [1.807, 2.05) is 13.0 Å². The van der Waals surface area contributed by atoms with Crippen molar-refractivity contribution in [2.45, 2.75) is 6.92 Å². The molecular weight excluding hydrogens is 175 g/mol. The fourth-order valence-corrected chi connectivity index (χ4v) is 1.85. The third-order valence-corrected chi connectivity index (χ3v) is 3.39. The highest BCUT2D eigenvalue weighted by Gasteiger charge is 1.99. The molecule has 0 amide bonds. The molecule has 0 fully saturated rings. The van der Waals surface area contributed by atoms with Crippen LogP contribution in [-0.2, 0) is 0 Å². The molecule has 0 saturated heterocycles. The topological polar surface area (TPSA) is 0 Å². The van der Waals surface area contributed by atoms with Gasteiger partial charge in [-0.05, 0) is 37.2 Å². The van der Waals surface area contributed by atoms with Crippen molar-refractivity contribution in [3.63, 3.8) is 0 Å². The lowest BCUT2D eigenvalue weighted by Gasteiger charge is -2.06. The summed E-state index contributed by atoms with van der Waals surface area (Å²) in [6.07, 6.45) is 0. The van der Waals surface area contributed by atoms with Crippen LogP contribution in [0.5, 0.6) is 0 Å². The second-order valence-corrected chi connectivity index (χ2v) is 5.54. The van der Waals surface area contributed by atoms with Gasteiger partial charge in [0, 0.05) is 5.02 Å². The number of benzene rings is 1. The Labute approximate surface area is 74.3 Å². The van der Waals surface area contributed by atoms with Gasteiger partial charge in [-0.2, -0.15) is 0 Å². The van der Waals surface area contributed by atoms with Gasteiger partial charge in [0.1, 0.15) is 0 Å². The Balaban J connectivity index is 3.05. The number of rotatable bonds is 1. The zero-order chi connectivity index (χ0) is 8.43. The van der Waals surface area contributed by atoms with E-state index in [1.165, 1.54) is 10.9 Å². The SMILES string of the molecule is Cc1cc(P(C)C)ccc1Cl. The Morgan fingerprint density at radius 2 is 1.91 bits per heavy atom. The second kappa shape index (κ2) is 3.56. The summed E-state index contributed by atoms with van der Waals surface area (Å²) in [5, 5.41) is 2.28. The molecule has 0 radical (unpaired) electrons. The first kappa shape index (κ1) is 9.03. The molecule has 0 spiro atoms. The summed E-state index contributed by atoms with van der Waals surface area (Å²) >= 11 is 5.89. The van der Waals surface area contributed by atoms with E-state index >= 15 is 0 Å². The van der Waals surface area contributed by atoms with Gasteiger partial charge in [-0.15, -0.1) is 0 Å². The summed E-state index contributed by atoms with van der Waals surface area (Å²) in [6.45, 7) is 6.54. The van der Waals surface area contributed by atoms with Crippen molar-refractivity contribution in [1.82, 2.24) is 0 Å². The normalized spacial score (nSPS) is 10.6. The first-order valence-corrected chi connectivity index (χ1v) is 6.16. The molecule has 1 aromatic carbocycles. The van der Waals surface area contributed by atoms with E-state index in [4.69, 9.17) is 11.6 Å². The highest BCUT2D eigenvalue weighted by Crippen LogP contribution is 2.25. The number of hydrogen-bond donors (Lipinski definition) is 0. The van der Waals surface area contributed by atoms with Gasteiger partial charge in [-0.3, -0.25) is 0 Å². The van der Waals surface area contributed by atoms with Gasteiger partial charge in [0.05, 0.1) is 0 Å². The lowest BCUT2D eigenvalue weighted by molar-refractivity contribution is 1.49. The van der Waals surface area contributed by atoms with Gasteiger partial charge in [0.25, 0.3) is 0 Å². The molecule has 0 aliphatic heterocycles. The number of halogens is 1. The van der Waals surface area contributed by atoms with Gasteiger partial charge in [0.15, 0.2) is 0 Å². The molecule has 2 heteroatoms. The van der Waals surface area contributed by atoms with Crippen LogP contribution in [0.4, 0.5) is 0 Å². The highest BCUT2D eigenvalue weighted by atomic mass is 35.5. The van der Waals surface area contributed by atoms with Gasteiger partial charge < -0.3 is 0 Å². The minimum absolute atomic E-state index is 0.0172. The minimum Gasteiger partial charge on any atom is -0.0841 e. The maximum Gasteiger partial charge on any atom is 0.0435 e. The summed E-state index contributed by atoms with van der Waals surface area (Å²) in [4.78, 5) is 0. The standard InChI is InChI=1S/C9H12ClP/c1-7-6-8(11(2)3)4-5-9(7)10/h4-6H,1-3H3. The van der Waals surface area contributed by atoms with E-state index in [1.54, 1.807) is 0 Å². The summed E-state index contributed by atoms with van der Waals surface area (Å²) in [5.41, 5.74) is 1.18. The van der Waals surface area contributed by atoms with Crippen molar-refractivity contribution in [3.05, 3.63) is 28.8 Å². The highest BCUT2D eigenvalue weighted by molar-refractivity contribution is 7.64. The fourth-order valence-electron chi connectivity index (χ4n) is 0.907. The van der Waals surface area contributed by atoms with Crippen molar-refractivity contribution in [3.8, 4) is 0 Å². The van der Waals surface area contributed by atoms with Crippen LogP contribution in [-0.4, -0.2) is 13.3 Å². The molecule has 0 heterocycles. The van der Waals surface area contributed by atoms with E-state index in [2.05, 4.69) is 25.5 Å². The van der Waals surface area contributed by atoms with Crippen LogP contribution >= 0.6 is 19.5 Å². The molecule has 0 aliphatic rings. The third kappa shape index (κ3) is 2.18. The summed E-state index contributed by atoms with van der Waals surface area (Å²) in [5.74, 6) is 0. The third-order valence-electron chi connectivity index (χ3n) is 1.66. The van der Waals surface area contributed by atoms with Crippen LogP contribution in [0, 0.1) is 6.92 Å². The van der Waals surface area contributed by atoms with Crippen molar-refractivity contribution in [1.29, 1.82) is 0 Å². The Kier molecular flexibility index (Phi) is 2.92. The monoisotopic (exact) mass is 186 g/mol. The Bertz CT molecular complexity index is 256. The lowest BCUT2D eigenvalue weighted by atomic mass is 10.2. The zero-order valence-electron chi connectivity index (χ0n) is 7.06. The van der Waals surface area contributed by atoms with Crippen LogP contribution in [0.1, 0.15) is 5.56 Å². The maximum atomic E-state index is 5.89. The molecule has 0 aliphatic carbocycles. The lowest BCUT2D eigenvalue weighted by Crippen LogP contribution is -1.98. The van der Waals surface area contributed by atoms with E-state index in [9.17, 15) is 0 Å². The zero-order valence-corrected chi connectivity index (χ0v) is 8.71. The van der Waals surface area contributed by atoms with Gasteiger partial charge in [0.2, 0.25) is 0 Å². The molecule has 1 aromatic rings. The van der Waals surface area contributed by atoms with Gasteiger partial charge in [-0.1, -0.05) is 31.7 Å². The molecule has 0 atom stereocenters. The van der Waals surface area contributed by atoms with E-state index in [0.717, 1.165) is 5.02 Å². The van der Waals surface area contributed by atoms with Crippen LogP contribution in [0.2, 0.25) is 5.02 Å². The predicted molar refractivity (Wildman–Crippen MR) is 54.6 cm³/mol. The van der Waals surface area contributed by atoms with E-state index < -0.39 is 0 Å². The fraction of sp³-hybridized carbons (Fsp3) is 0.333. The molecule has 0 N–H and O–H groups in total. The van der Waals surface area contributed by atoms with Crippen molar-refractivity contribution in [2.75, 3.05) is 13.3 Å². The smallest absolute Gasteiger partial charge is 0.0435 e. The van der Waals surface area contributed by atoms with Crippen LogP contribution in [0.15, 0.2) is 18.2 Å². The largest absolute Gasteiger partial charge is 0.0841 e. The average molecular weight is 187 g/mol. The molecular formula is C9H12ClP. The molecule has 60 valence electrons. The molecule has 0 unspecified atom stereocenters. The van der Waals surface area contributed by atoms with E-state index in [0.29, 0.717) is 0 Å². The first-order chi connectivity index (χ1) is 5.11. The first-order valence-electron chi connectivity index (χ1n) is 3.55. The molecule has 0 aromatic heterocycles. The maximum absolute atomic E-state index is 5.89. The Hall–Kier alpha value is -0.0600. The van der Waals surface area contributed by atoms with Crippen LogP contribution < -0.4 is 5.30 Å². The number of hydrogen-bond acceptors (Lipinski definition) is 0. The quantitative estimate of drug-likeness (QED) is 0.592. The summed E-state index contributed by atoms with van der Waals surface area (Å²) in [6, 6.07) is 6.27. The molecule has 11 heavy (non-hydrogen) atoms. The van der Waals surface area contributed by atoms with Crippen molar-refractivity contribution in [2.24, 2.45) is 0 Å². The Morgan fingerprint density at radius 1 is 1.27 bits per heavy atom. The Morgan fingerprint density at radius 3 is 2.36 bits per heavy atom.